The van der Waals surface area contributed by atoms with Crippen molar-refractivity contribution in [1.29, 1.82) is 0 Å². The highest BCUT2D eigenvalue weighted by atomic mass is 32.2. The lowest BCUT2D eigenvalue weighted by atomic mass is 10.1. The number of carbonyl (C=O) groups is 2. The first kappa shape index (κ1) is 25.0. The van der Waals surface area contributed by atoms with Gasteiger partial charge in [0.15, 0.2) is 11.5 Å². The molecule has 9 nitrogen and oxygen atoms in total. The van der Waals surface area contributed by atoms with Crippen LogP contribution < -0.4 is 19.1 Å². The Morgan fingerprint density at radius 3 is 1.94 bits per heavy atom. The van der Waals surface area contributed by atoms with Crippen LogP contribution in [-0.2, 0) is 19.6 Å². The third kappa shape index (κ3) is 5.50. The van der Waals surface area contributed by atoms with Crippen LogP contribution in [0.3, 0.4) is 0 Å². The van der Waals surface area contributed by atoms with Gasteiger partial charge >= 0.3 is 5.97 Å². The second-order valence-corrected chi connectivity index (χ2v) is 9.22. The minimum Gasteiger partial charge on any atom is -0.493 e. The number of ether oxygens (including phenoxy) is 3. The molecule has 0 saturated carbocycles. The summed E-state index contributed by atoms with van der Waals surface area (Å²) in [5.41, 5.74) is 3.00. The quantitative estimate of drug-likeness (QED) is 0.598. The van der Waals surface area contributed by atoms with Crippen LogP contribution in [0, 0.1) is 20.8 Å². The van der Waals surface area contributed by atoms with Gasteiger partial charge in [0.25, 0.3) is 0 Å². The van der Waals surface area contributed by atoms with Gasteiger partial charge in [-0.2, -0.15) is 0 Å². The summed E-state index contributed by atoms with van der Waals surface area (Å²) in [5.74, 6) is -0.797. The van der Waals surface area contributed by atoms with Crippen molar-refractivity contribution in [3.63, 3.8) is 0 Å². The van der Waals surface area contributed by atoms with Crippen LogP contribution in [0.2, 0.25) is 0 Å². The fourth-order valence-electron chi connectivity index (χ4n) is 3.51. The fourth-order valence-corrected chi connectivity index (χ4v) is 4.48. The van der Waals surface area contributed by atoms with E-state index in [1.165, 1.54) is 33.5 Å². The number of carbonyl (C=O) groups excluding carboxylic acids is 2. The normalized spacial score (nSPS) is 11.0. The van der Waals surface area contributed by atoms with Gasteiger partial charge in [-0.15, -0.1) is 0 Å². The van der Waals surface area contributed by atoms with Gasteiger partial charge < -0.3 is 19.5 Å². The van der Waals surface area contributed by atoms with Crippen LogP contribution in [-0.4, -0.2) is 54.4 Å². The molecule has 2 aromatic carbocycles. The number of methoxy groups -OCH3 is 3. The summed E-state index contributed by atoms with van der Waals surface area (Å²) in [6.45, 7) is 5.00. The van der Waals surface area contributed by atoms with Crippen LogP contribution in [0.25, 0.3) is 0 Å². The fraction of sp³-hybridized carbons (Fsp3) is 0.364. The molecule has 0 aliphatic heterocycles. The van der Waals surface area contributed by atoms with E-state index in [1.54, 1.807) is 13.8 Å². The van der Waals surface area contributed by atoms with Crippen molar-refractivity contribution in [1.82, 2.24) is 0 Å². The first-order chi connectivity index (χ1) is 14.9. The van der Waals surface area contributed by atoms with E-state index >= 15 is 0 Å². The average Bonchev–Trinajstić information content (AvgIpc) is 2.70. The van der Waals surface area contributed by atoms with Crippen molar-refractivity contribution >= 4 is 33.3 Å². The molecule has 2 aromatic rings. The highest BCUT2D eigenvalue weighted by Crippen LogP contribution is 2.34. The van der Waals surface area contributed by atoms with E-state index in [1.807, 2.05) is 19.1 Å². The summed E-state index contributed by atoms with van der Waals surface area (Å²) in [4.78, 5) is 25.1. The molecule has 1 N–H and O–H groups in total. The van der Waals surface area contributed by atoms with Crippen LogP contribution in [0.5, 0.6) is 11.5 Å². The number of hydrogen-bond acceptors (Lipinski definition) is 7. The molecule has 0 aliphatic rings. The molecular weight excluding hydrogens is 436 g/mol. The van der Waals surface area contributed by atoms with E-state index in [2.05, 4.69) is 5.32 Å². The van der Waals surface area contributed by atoms with Crippen molar-refractivity contribution in [2.75, 3.05) is 43.8 Å². The number of amides is 1. The smallest absolute Gasteiger partial charge is 0.340 e. The largest absolute Gasteiger partial charge is 0.493 e. The molecule has 0 unspecified atom stereocenters. The molecule has 0 heterocycles. The maximum Gasteiger partial charge on any atom is 0.340 e. The maximum absolute atomic E-state index is 12.9. The first-order valence-electron chi connectivity index (χ1n) is 9.62. The van der Waals surface area contributed by atoms with Crippen LogP contribution in [0.15, 0.2) is 24.3 Å². The number of nitrogens with zero attached hydrogens (tertiary/aromatic N) is 1. The summed E-state index contributed by atoms with van der Waals surface area (Å²) >= 11 is 0. The molecule has 0 bridgehead atoms. The lowest BCUT2D eigenvalue weighted by Gasteiger charge is -2.26. The second-order valence-electron chi connectivity index (χ2n) is 7.31. The number of esters is 1. The molecular formula is C22H28N2O7S. The summed E-state index contributed by atoms with van der Waals surface area (Å²) in [7, 11) is 0.248. The number of sulfonamides is 1. The predicted octanol–water partition coefficient (Wildman–Crippen LogP) is 2.82. The zero-order valence-electron chi connectivity index (χ0n) is 19.2. The van der Waals surface area contributed by atoms with E-state index in [4.69, 9.17) is 14.2 Å². The van der Waals surface area contributed by atoms with E-state index in [0.29, 0.717) is 5.69 Å². The van der Waals surface area contributed by atoms with Crippen molar-refractivity contribution in [2.45, 2.75) is 20.8 Å². The number of aryl methyl sites for hydroxylation is 3. The van der Waals surface area contributed by atoms with Gasteiger partial charge in [0.1, 0.15) is 6.54 Å². The maximum atomic E-state index is 12.9. The second kappa shape index (κ2) is 9.90. The minimum absolute atomic E-state index is 0.0344. The predicted molar refractivity (Wildman–Crippen MR) is 122 cm³/mol. The van der Waals surface area contributed by atoms with E-state index in [0.717, 1.165) is 27.3 Å². The SMILES string of the molecule is COC(=O)c1cc(OC)c(OC)cc1NC(=O)CN(c1c(C)cc(C)cc1C)S(C)(=O)=O. The molecule has 0 spiro atoms. The summed E-state index contributed by atoms with van der Waals surface area (Å²) < 4.78 is 41.4. The Morgan fingerprint density at radius 1 is 0.938 bits per heavy atom. The minimum atomic E-state index is -3.78. The average molecular weight is 465 g/mol. The molecule has 0 aliphatic carbocycles. The summed E-state index contributed by atoms with van der Waals surface area (Å²) in [6, 6.07) is 6.49. The lowest BCUT2D eigenvalue weighted by molar-refractivity contribution is -0.114. The van der Waals surface area contributed by atoms with Crippen molar-refractivity contribution < 1.29 is 32.2 Å². The van der Waals surface area contributed by atoms with Crippen LogP contribution in [0.4, 0.5) is 11.4 Å². The highest BCUT2D eigenvalue weighted by Gasteiger charge is 2.26. The molecule has 0 radical (unpaired) electrons. The van der Waals surface area contributed by atoms with Gasteiger partial charge in [0.05, 0.1) is 44.5 Å². The third-order valence-corrected chi connectivity index (χ3v) is 5.89. The number of anilines is 2. The summed E-state index contributed by atoms with van der Waals surface area (Å²) in [6.07, 6.45) is 1.04. The van der Waals surface area contributed by atoms with Gasteiger partial charge in [-0.1, -0.05) is 17.7 Å². The van der Waals surface area contributed by atoms with E-state index in [9.17, 15) is 18.0 Å². The Kier molecular flexibility index (Phi) is 7.73. The monoisotopic (exact) mass is 464 g/mol. The molecule has 0 aromatic heterocycles. The molecule has 2 rings (SSSR count). The number of hydrogen-bond donors (Lipinski definition) is 1. The van der Waals surface area contributed by atoms with Crippen LogP contribution in [0.1, 0.15) is 27.0 Å². The van der Waals surface area contributed by atoms with Gasteiger partial charge in [0, 0.05) is 12.1 Å². The standard InChI is InChI=1S/C22H28N2O7S/c1-13-8-14(2)21(15(3)9-13)24(32(7,27)28)12-20(25)23-17-11-19(30-5)18(29-4)10-16(17)22(26)31-6/h8-11H,12H2,1-7H3,(H,23,25). The van der Waals surface area contributed by atoms with Crippen molar-refractivity contribution in [3.05, 3.63) is 46.5 Å². The Balaban J connectivity index is 2.46. The van der Waals surface area contributed by atoms with E-state index < -0.39 is 28.4 Å². The van der Waals surface area contributed by atoms with Gasteiger partial charge in [-0.3, -0.25) is 9.10 Å². The number of benzene rings is 2. The van der Waals surface area contributed by atoms with Gasteiger partial charge in [-0.25, -0.2) is 13.2 Å². The first-order valence-corrected chi connectivity index (χ1v) is 11.5. The third-order valence-electron chi connectivity index (χ3n) is 4.78. The topological polar surface area (TPSA) is 111 Å². The Bertz CT molecular complexity index is 1120. The van der Waals surface area contributed by atoms with Gasteiger partial charge in [0.2, 0.25) is 15.9 Å². The molecule has 0 fully saturated rings. The van der Waals surface area contributed by atoms with Crippen molar-refractivity contribution in [3.8, 4) is 11.5 Å². The summed E-state index contributed by atoms with van der Waals surface area (Å²) in [5, 5.41) is 2.59. The van der Waals surface area contributed by atoms with E-state index in [-0.39, 0.29) is 22.7 Å². The lowest BCUT2D eigenvalue weighted by Crippen LogP contribution is -2.38. The van der Waals surface area contributed by atoms with Crippen molar-refractivity contribution in [2.24, 2.45) is 0 Å². The van der Waals surface area contributed by atoms with Gasteiger partial charge in [-0.05, 0) is 31.9 Å². The Morgan fingerprint density at radius 2 is 1.47 bits per heavy atom. The Hall–Kier alpha value is -3.27. The Labute approximate surface area is 188 Å². The molecule has 32 heavy (non-hydrogen) atoms. The molecule has 174 valence electrons. The number of rotatable bonds is 8. The molecule has 1 amide bonds. The molecule has 10 heteroatoms. The highest BCUT2D eigenvalue weighted by molar-refractivity contribution is 7.92. The number of nitrogens with one attached hydrogen (secondary N) is 1. The zero-order chi connectivity index (χ0) is 24.2. The molecule has 0 atom stereocenters. The zero-order valence-corrected chi connectivity index (χ0v) is 20.0. The molecule has 0 saturated heterocycles. The van der Waals surface area contributed by atoms with Crippen LogP contribution >= 0.6 is 0 Å².